The molecule has 2 aromatic heterocycles. The van der Waals surface area contributed by atoms with E-state index in [0.717, 1.165) is 49.7 Å². The Kier molecular flexibility index (Phi) is 9.59. The molecular formula is C30H34ClN7O7. The molecule has 4 heterocycles. The number of hydrogen-bond acceptors (Lipinski definition) is 12. The Morgan fingerprint density at radius 2 is 1.98 bits per heavy atom. The van der Waals surface area contributed by atoms with E-state index in [1.165, 1.54) is 17.2 Å². The molecule has 238 valence electrons. The number of aliphatic hydroxyl groups is 1. The first-order chi connectivity index (χ1) is 21.9. The lowest BCUT2D eigenvalue weighted by molar-refractivity contribution is -0.152. The zero-order valence-corrected chi connectivity index (χ0v) is 25.0. The topological polar surface area (TPSA) is 179 Å². The van der Waals surface area contributed by atoms with Crippen molar-refractivity contribution >= 4 is 34.6 Å². The molecule has 0 radical (unpaired) electrons. The van der Waals surface area contributed by atoms with Crippen molar-refractivity contribution in [1.29, 1.82) is 0 Å². The van der Waals surface area contributed by atoms with Crippen LogP contribution >= 0.6 is 11.6 Å². The second-order valence-corrected chi connectivity index (χ2v) is 11.2. The summed E-state index contributed by atoms with van der Waals surface area (Å²) in [7, 11) is 0. The van der Waals surface area contributed by atoms with Crippen LogP contribution in [0.1, 0.15) is 17.4 Å². The molecular weight excluding hydrogens is 606 g/mol. The molecule has 2 aromatic carbocycles. The fourth-order valence-corrected chi connectivity index (χ4v) is 5.52. The van der Waals surface area contributed by atoms with Crippen molar-refractivity contribution in [2.45, 2.75) is 37.6 Å². The molecule has 0 aliphatic carbocycles. The zero-order chi connectivity index (χ0) is 31.3. The number of nitrogens with two attached hydrogens (primary N) is 1. The van der Waals surface area contributed by atoms with Crippen LogP contribution in [0, 0.1) is 0 Å². The van der Waals surface area contributed by atoms with Crippen LogP contribution in [0.4, 0.5) is 5.82 Å². The van der Waals surface area contributed by atoms with Crippen LogP contribution in [0.15, 0.2) is 55.1 Å². The van der Waals surface area contributed by atoms with Gasteiger partial charge in [0.05, 0.1) is 25.6 Å². The summed E-state index contributed by atoms with van der Waals surface area (Å²) in [5, 5.41) is 23.7. The first kappa shape index (κ1) is 31.0. The first-order valence-corrected chi connectivity index (χ1v) is 14.9. The molecule has 4 aromatic rings. The van der Waals surface area contributed by atoms with Gasteiger partial charge >= 0.3 is 5.97 Å². The van der Waals surface area contributed by atoms with E-state index in [0.29, 0.717) is 47.5 Å². The molecule has 2 fully saturated rings. The molecule has 15 heteroatoms. The molecule has 2 saturated heterocycles. The Bertz CT molecular complexity index is 1630. The summed E-state index contributed by atoms with van der Waals surface area (Å²) >= 11 is 6.33. The molecule has 0 bridgehead atoms. The number of fused-ring (bicyclic) bond motifs is 1. The number of hydrogen-bond donors (Lipinski definition) is 4. The molecule has 5 N–H and O–H groups in total. The number of aromatic nitrogens is 4. The van der Waals surface area contributed by atoms with E-state index in [-0.39, 0.29) is 0 Å². The minimum atomic E-state index is -1.36. The Morgan fingerprint density at radius 3 is 2.78 bits per heavy atom. The molecule has 45 heavy (non-hydrogen) atoms. The number of morpholine rings is 1. The van der Waals surface area contributed by atoms with E-state index in [9.17, 15) is 15.0 Å². The summed E-state index contributed by atoms with van der Waals surface area (Å²) in [6.07, 6.45) is -0.967. The number of aliphatic hydroxyl groups excluding tert-OH is 1. The number of imidazole rings is 1. The predicted molar refractivity (Wildman–Crippen MR) is 163 cm³/mol. The molecule has 2 aliphatic heterocycles. The third-order valence-electron chi connectivity index (χ3n) is 7.74. The quantitative estimate of drug-likeness (QED) is 0.177. The number of carboxylic acid groups (broad SMARTS) is 1. The minimum Gasteiger partial charge on any atom is -0.492 e. The maximum absolute atomic E-state index is 11.5. The molecule has 6 rings (SSSR count). The van der Waals surface area contributed by atoms with E-state index in [1.54, 1.807) is 6.07 Å². The highest BCUT2D eigenvalue weighted by Crippen LogP contribution is 2.32. The van der Waals surface area contributed by atoms with Crippen molar-refractivity contribution in [1.82, 2.24) is 24.4 Å². The lowest BCUT2D eigenvalue weighted by Crippen LogP contribution is -2.43. The standard InChI is InChI=1S/C30H34ClN7O7/c31-20-4-5-22(44-15-18-2-1-3-21(12-18)43-11-8-37-6-9-42-10-7-37)19(13-20)14-33-27-24-28(35-16-34-27)38(17-36-24)29-25(39)23(32)26(45-29)30(40)41/h1-5,12-13,16-17,23,25-26,29,39H,6-11,14-15,32H2,(H,40,41)(H,33,34,35)/t23-,25+,26-,29+/m0/s1. The van der Waals surface area contributed by atoms with Gasteiger partial charge in [-0.1, -0.05) is 23.7 Å². The number of nitrogens with zero attached hydrogens (tertiary/aromatic N) is 5. The van der Waals surface area contributed by atoms with Gasteiger partial charge in [-0.25, -0.2) is 19.7 Å². The van der Waals surface area contributed by atoms with Gasteiger partial charge in [0.1, 0.15) is 37.1 Å². The lowest BCUT2D eigenvalue weighted by Gasteiger charge is -2.26. The van der Waals surface area contributed by atoms with Crippen molar-refractivity contribution in [3.63, 3.8) is 0 Å². The van der Waals surface area contributed by atoms with Crippen molar-refractivity contribution in [3.8, 4) is 11.5 Å². The highest BCUT2D eigenvalue weighted by atomic mass is 35.5. The fraction of sp³-hybridized carbons (Fsp3) is 0.400. The molecule has 14 nitrogen and oxygen atoms in total. The van der Waals surface area contributed by atoms with Gasteiger partial charge in [-0.05, 0) is 35.9 Å². The number of ether oxygens (including phenoxy) is 4. The van der Waals surface area contributed by atoms with Gasteiger partial charge in [0.15, 0.2) is 29.3 Å². The number of benzene rings is 2. The summed E-state index contributed by atoms with van der Waals surface area (Å²) in [6, 6.07) is 12.1. The van der Waals surface area contributed by atoms with Crippen LogP contribution in [0.25, 0.3) is 11.2 Å². The summed E-state index contributed by atoms with van der Waals surface area (Å²) in [5.41, 5.74) is 8.36. The van der Waals surface area contributed by atoms with Crippen LogP contribution in [-0.2, 0) is 27.4 Å². The number of carbonyl (C=O) groups is 1. The number of rotatable bonds is 12. The monoisotopic (exact) mass is 639 g/mol. The number of nitrogens with one attached hydrogen (secondary N) is 1. The van der Waals surface area contributed by atoms with Crippen LogP contribution in [0.3, 0.4) is 0 Å². The van der Waals surface area contributed by atoms with Crippen molar-refractivity contribution in [2.75, 3.05) is 44.8 Å². The van der Waals surface area contributed by atoms with Crippen molar-refractivity contribution in [2.24, 2.45) is 5.73 Å². The fourth-order valence-electron chi connectivity index (χ4n) is 5.32. The maximum atomic E-state index is 11.5. The number of halogens is 1. The van der Waals surface area contributed by atoms with E-state index >= 15 is 0 Å². The summed E-state index contributed by atoms with van der Waals surface area (Å²) < 4.78 is 24.6. The Labute approximate surface area is 263 Å². The second kappa shape index (κ2) is 13.9. The van der Waals surface area contributed by atoms with Gasteiger partial charge in [0, 0.05) is 36.8 Å². The molecule has 2 aliphatic rings. The zero-order valence-electron chi connectivity index (χ0n) is 24.3. The SMILES string of the molecule is N[C@H]1[C@@H](O)[C@H](n2cnc3c(NCc4cc(Cl)ccc4OCc4cccc(OCCN5CCOCC5)c4)ncnc32)O[C@@H]1C(=O)O. The van der Waals surface area contributed by atoms with E-state index < -0.39 is 30.4 Å². The second-order valence-electron chi connectivity index (χ2n) is 10.7. The molecule has 0 spiro atoms. The van der Waals surface area contributed by atoms with E-state index in [1.807, 2.05) is 36.4 Å². The molecule has 4 atom stereocenters. The highest BCUT2D eigenvalue weighted by molar-refractivity contribution is 6.30. The largest absolute Gasteiger partial charge is 0.492 e. The van der Waals surface area contributed by atoms with Crippen LogP contribution in [-0.4, -0.2) is 98.3 Å². The Morgan fingerprint density at radius 1 is 1.13 bits per heavy atom. The van der Waals surface area contributed by atoms with Gasteiger partial charge in [0.2, 0.25) is 0 Å². The molecule has 0 amide bonds. The average Bonchev–Trinajstić information content (AvgIpc) is 3.61. The normalized spacial score (nSPS) is 22.0. The number of anilines is 1. The number of aliphatic carboxylic acids is 1. The van der Waals surface area contributed by atoms with Gasteiger partial charge in [-0.2, -0.15) is 0 Å². The van der Waals surface area contributed by atoms with Gasteiger partial charge in [-0.3, -0.25) is 9.47 Å². The Balaban J connectivity index is 1.10. The van der Waals surface area contributed by atoms with Crippen molar-refractivity contribution < 1.29 is 34.0 Å². The predicted octanol–water partition coefficient (Wildman–Crippen LogP) is 2.05. The van der Waals surface area contributed by atoms with E-state index in [2.05, 4.69) is 25.2 Å². The van der Waals surface area contributed by atoms with Crippen molar-refractivity contribution in [3.05, 3.63) is 71.3 Å². The molecule has 0 saturated carbocycles. The Hall–Kier alpha value is -4.05. The maximum Gasteiger partial charge on any atom is 0.334 e. The van der Waals surface area contributed by atoms with Crippen LogP contribution in [0.2, 0.25) is 5.02 Å². The van der Waals surface area contributed by atoms with Gasteiger partial charge in [0.25, 0.3) is 0 Å². The summed E-state index contributed by atoms with van der Waals surface area (Å²) in [4.78, 5) is 26.8. The third-order valence-corrected chi connectivity index (χ3v) is 7.98. The van der Waals surface area contributed by atoms with Gasteiger partial charge < -0.3 is 40.2 Å². The average molecular weight is 640 g/mol. The van der Waals surface area contributed by atoms with Gasteiger partial charge in [-0.15, -0.1) is 0 Å². The van der Waals surface area contributed by atoms with Crippen LogP contribution < -0.4 is 20.5 Å². The van der Waals surface area contributed by atoms with E-state index in [4.69, 9.17) is 36.3 Å². The highest BCUT2D eigenvalue weighted by Gasteiger charge is 2.46. The summed E-state index contributed by atoms with van der Waals surface area (Å²) in [6.45, 7) is 5.42. The smallest absolute Gasteiger partial charge is 0.334 e. The molecule has 0 unspecified atom stereocenters. The first-order valence-electron chi connectivity index (χ1n) is 14.5. The summed E-state index contributed by atoms with van der Waals surface area (Å²) in [5.74, 6) is 0.576. The number of carboxylic acids is 1. The van der Waals surface area contributed by atoms with Crippen LogP contribution in [0.5, 0.6) is 11.5 Å². The third kappa shape index (κ3) is 7.11. The lowest BCUT2D eigenvalue weighted by atomic mass is 10.1. The minimum absolute atomic E-state index is 0.300.